The minimum Gasteiger partial charge on any atom is -0.394 e. The summed E-state index contributed by atoms with van der Waals surface area (Å²) in [4.78, 5) is 20.3. The smallest absolute Gasteiger partial charge is 0.255 e. The van der Waals surface area contributed by atoms with Gasteiger partial charge < -0.3 is 10.4 Å². The lowest BCUT2D eigenvalue weighted by Crippen LogP contribution is -2.39. The van der Waals surface area contributed by atoms with Crippen molar-refractivity contribution in [1.82, 2.24) is 15.3 Å². The van der Waals surface area contributed by atoms with Crippen molar-refractivity contribution >= 4 is 5.91 Å². The van der Waals surface area contributed by atoms with Gasteiger partial charge >= 0.3 is 0 Å². The summed E-state index contributed by atoms with van der Waals surface area (Å²) in [6.45, 7) is 1.82. The highest BCUT2D eigenvalue weighted by molar-refractivity contribution is 5.95. The number of hydrogen-bond donors (Lipinski definition) is 2. The molecule has 5 nitrogen and oxygen atoms in total. The first kappa shape index (κ1) is 15.1. The third kappa shape index (κ3) is 4.10. The summed E-state index contributed by atoms with van der Waals surface area (Å²) < 4.78 is 0. The molecule has 1 aromatic heterocycles. The third-order valence-corrected chi connectivity index (χ3v) is 3.25. The zero-order valence-electron chi connectivity index (χ0n) is 12.0. The highest BCUT2D eigenvalue weighted by Crippen LogP contribution is 2.07. The van der Waals surface area contributed by atoms with Gasteiger partial charge in [0.15, 0.2) is 0 Å². The van der Waals surface area contributed by atoms with Crippen LogP contribution in [0.15, 0.2) is 42.9 Å². The molecule has 0 fully saturated rings. The van der Waals surface area contributed by atoms with Gasteiger partial charge in [-0.3, -0.25) is 4.79 Å². The summed E-state index contributed by atoms with van der Waals surface area (Å²) in [5.74, 6) is -0.248. The molecule has 21 heavy (non-hydrogen) atoms. The van der Waals surface area contributed by atoms with E-state index >= 15 is 0 Å². The maximum absolute atomic E-state index is 12.3. The molecule has 2 aromatic rings. The fourth-order valence-corrected chi connectivity index (χ4v) is 2.15. The molecule has 0 aliphatic rings. The SMILES string of the molecule is CCc1ncncc1C(=O)NC(CO)Cc1ccccc1. The second-order valence-electron chi connectivity index (χ2n) is 4.78. The zero-order valence-corrected chi connectivity index (χ0v) is 12.0. The normalized spacial score (nSPS) is 11.9. The fourth-order valence-electron chi connectivity index (χ4n) is 2.15. The molecule has 5 heteroatoms. The van der Waals surface area contributed by atoms with Crippen LogP contribution >= 0.6 is 0 Å². The van der Waals surface area contributed by atoms with E-state index in [1.54, 1.807) is 0 Å². The minimum absolute atomic E-state index is 0.115. The monoisotopic (exact) mass is 285 g/mol. The van der Waals surface area contributed by atoms with Crippen molar-refractivity contribution in [3.63, 3.8) is 0 Å². The predicted octanol–water partition coefficient (Wildman–Crippen LogP) is 1.37. The molecule has 110 valence electrons. The van der Waals surface area contributed by atoms with Gasteiger partial charge in [-0.25, -0.2) is 9.97 Å². The van der Waals surface area contributed by atoms with Gasteiger partial charge in [0.25, 0.3) is 5.91 Å². The van der Waals surface area contributed by atoms with E-state index in [2.05, 4.69) is 15.3 Å². The summed E-state index contributed by atoms with van der Waals surface area (Å²) in [5.41, 5.74) is 2.24. The van der Waals surface area contributed by atoms with E-state index in [1.807, 2.05) is 37.3 Å². The van der Waals surface area contributed by atoms with Crippen molar-refractivity contribution in [1.29, 1.82) is 0 Å². The molecular formula is C16H19N3O2. The quantitative estimate of drug-likeness (QED) is 0.840. The summed E-state index contributed by atoms with van der Waals surface area (Å²) in [6, 6.07) is 9.42. The van der Waals surface area contributed by atoms with E-state index in [0.717, 1.165) is 5.56 Å². The van der Waals surface area contributed by atoms with Crippen LogP contribution in [0.1, 0.15) is 28.5 Å². The summed E-state index contributed by atoms with van der Waals surface area (Å²) in [6.07, 6.45) is 4.19. The Kier molecular flexibility index (Phi) is 5.40. The van der Waals surface area contributed by atoms with Crippen LogP contribution in [-0.4, -0.2) is 33.6 Å². The van der Waals surface area contributed by atoms with Crippen LogP contribution < -0.4 is 5.32 Å². The molecule has 0 saturated heterocycles. The minimum atomic E-state index is -0.329. The van der Waals surface area contributed by atoms with Crippen molar-refractivity contribution in [3.05, 3.63) is 59.7 Å². The second-order valence-corrected chi connectivity index (χ2v) is 4.78. The zero-order chi connectivity index (χ0) is 15.1. The van der Waals surface area contributed by atoms with E-state index in [4.69, 9.17) is 0 Å². The van der Waals surface area contributed by atoms with E-state index in [9.17, 15) is 9.90 Å². The van der Waals surface area contributed by atoms with Crippen LogP contribution in [0.4, 0.5) is 0 Å². The molecule has 0 bridgehead atoms. The van der Waals surface area contributed by atoms with Gasteiger partial charge in [-0.05, 0) is 18.4 Å². The number of benzene rings is 1. The average molecular weight is 285 g/mol. The molecule has 0 aliphatic heterocycles. The summed E-state index contributed by atoms with van der Waals surface area (Å²) in [7, 11) is 0. The Balaban J connectivity index is 2.06. The number of amides is 1. The van der Waals surface area contributed by atoms with Gasteiger partial charge in [-0.15, -0.1) is 0 Å². The van der Waals surface area contributed by atoms with Gasteiger partial charge in [-0.2, -0.15) is 0 Å². The lowest BCUT2D eigenvalue weighted by molar-refractivity contribution is 0.0914. The summed E-state index contributed by atoms with van der Waals surface area (Å²) in [5, 5.41) is 12.3. The van der Waals surface area contributed by atoms with E-state index in [0.29, 0.717) is 24.1 Å². The molecule has 0 radical (unpaired) electrons. The first-order chi connectivity index (χ1) is 10.2. The molecule has 1 amide bonds. The van der Waals surface area contributed by atoms with Crippen LogP contribution in [0.3, 0.4) is 0 Å². The highest BCUT2D eigenvalue weighted by Gasteiger charge is 2.16. The molecule has 1 unspecified atom stereocenters. The standard InChI is InChI=1S/C16H19N3O2/c1-2-15-14(9-17-11-18-15)16(21)19-13(10-20)8-12-6-4-3-5-7-12/h3-7,9,11,13,20H,2,8,10H2,1H3,(H,19,21). The Morgan fingerprint density at radius 1 is 1.33 bits per heavy atom. The van der Waals surface area contributed by atoms with Crippen molar-refractivity contribution in [2.24, 2.45) is 0 Å². The number of aryl methyl sites for hydroxylation is 1. The van der Waals surface area contributed by atoms with Gasteiger partial charge in [0.2, 0.25) is 0 Å². The number of nitrogens with one attached hydrogen (secondary N) is 1. The Hall–Kier alpha value is -2.27. The van der Waals surface area contributed by atoms with Crippen LogP contribution in [0.5, 0.6) is 0 Å². The molecule has 0 aliphatic carbocycles. The van der Waals surface area contributed by atoms with E-state index in [-0.39, 0.29) is 18.6 Å². The second kappa shape index (κ2) is 7.50. The molecule has 1 atom stereocenters. The number of hydrogen-bond acceptors (Lipinski definition) is 4. The maximum atomic E-state index is 12.3. The fraction of sp³-hybridized carbons (Fsp3) is 0.312. The van der Waals surface area contributed by atoms with Gasteiger partial charge in [-0.1, -0.05) is 37.3 Å². The first-order valence-electron chi connectivity index (χ1n) is 6.99. The molecule has 2 rings (SSSR count). The Labute approximate surface area is 124 Å². The Bertz CT molecular complexity index is 587. The van der Waals surface area contributed by atoms with E-state index in [1.165, 1.54) is 12.5 Å². The van der Waals surface area contributed by atoms with Crippen LogP contribution in [-0.2, 0) is 12.8 Å². The largest absolute Gasteiger partial charge is 0.394 e. The van der Waals surface area contributed by atoms with Crippen molar-refractivity contribution < 1.29 is 9.90 Å². The van der Waals surface area contributed by atoms with Crippen LogP contribution in [0, 0.1) is 0 Å². The van der Waals surface area contributed by atoms with Crippen molar-refractivity contribution in [2.75, 3.05) is 6.61 Å². The predicted molar refractivity (Wildman–Crippen MR) is 79.9 cm³/mol. The summed E-state index contributed by atoms with van der Waals surface area (Å²) >= 11 is 0. The molecular weight excluding hydrogens is 266 g/mol. The lowest BCUT2D eigenvalue weighted by atomic mass is 10.1. The van der Waals surface area contributed by atoms with Crippen LogP contribution in [0.25, 0.3) is 0 Å². The molecule has 1 heterocycles. The lowest BCUT2D eigenvalue weighted by Gasteiger charge is -2.17. The number of nitrogens with zero attached hydrogens (tertiary/aromatic N) is 2. The van der Waals surface area contributed by atoms with E-state index < -0.39 is 0 Å². The number of aliphatic hydroxyl groups excluding tert-OH is 1. The highest BCUT2D eigenvalue weighted by atomic mass is 16.3. The Morgan fingerprint density at radius 3 is 2.76 bits per heavy atom. The third-order valence-electron chi connectivity index (χ3n) is 3.25. The van der Waals surface area contributed by atoms with Crippen molar-refractivity contribution in [3.8, 4) is 0 Å². The molecule has 1 aromatic carbocycles. The Morgan fingerprint density at radius 2 is 2.10 bits per heavy atom. The van der Waals surface area contributed by atoms with Crippen molar-refractivity contribution in [2.45, 2.75) is 25.8 Å². The first-order valence-corrected chi connectivity index (χ1v) is 6.99. The number of rotatable bonds is 6. The molecule has 0 spiro atoms. The number of aromatic nitrogens is 2. The average Bonchev–Trinajstić information content (AvgIpc) is 2.55. The van der Waals surface area contributed by atoms with Gasteiger partial charge in [0, 0.05) is 6.20 Å². The topological polar surface area (TPSA) is 75.1 Å². The molecule has 2 N–H and O–H groups in total. The van der Waals surface area contributed by atoms with Gasteiger partial charge in [0.1, 0.15) is 6.33 Å². The maximum Gasteiger partial charge on any atom is 0.255 e. The van der Waals surface area contributed by atoms with Crippen LogP contribution in [0.2, 0.25) is 0 Å². The number of carbonyl (C=O) groups is 1. The molecule has 0 saturated carbocycles. The number of carbonyl (C=O) groups excluding carboxylic acids is 1. The number of aliphatic hydroxyl groups is 1. The van der Waals surface area contributed by atoms with Gasteiger partial charge in [0.05, 0.1) is 23.9 Å².